The molecule has 1 heterocycles. The van der Waals surface area contributed by atoms with E-state index in [1.54, 1.807) is 6.07 Å². The van der Waals surface area contributed by atoms with E-state index >= 15 is 0 Å². The number of rotatable bonds is 10. The summed E-state index contributed by atoms with van der Waals surface area (Å²) < 4.78 is 6.39. The van der Waals surface area contributed by atoms with Gasteiger partial charge < -0.3 is 14.9 Å². The lowest BCUT2D eigenvalue weighted by Crippen LogP contribution is -2.36. The molecule has 3 nitrogen and oxygen atoms in total. The van der Waals surface area contributed by atoms with Crippen molar-refractivity contribution in [2.75, 3.05) is 6.61 Å². The molecule has 0 saturated carbocycles. The number of hydrogen-bond acceptors (Lipinski definition) is 3. The van der Waals surface area contributed by atoms with Gasteiger partial charge in [0.05, 0.1) is 6.61 Å². The predicted octanol–water partition coefficient (Wildman–Crippen LogP) is 6.96. The van der Waals surface area contributed by atoms with Crippen LogP contribution in [0.3, 0.4) is 0 Å². The molecule has 1 aliphatic heterocycles. The van der Waals surface area contributed by atoms with Gasteiger partial charge in [0.25, 0.3) is 0 Å². The molecule has 0 aliphatic carbocycles. The Morgan fingerprint density at radius 3 is 2.23 bits per heavy atom. The lowest BCUT2D eigenvalue weighted by atomic mass is 9.87. The first kappa shape index (κ1) is 24.3. The van der Waals surface area contributed by atoms with Crippen molar-refractivity contribution in [3.63, 3.8) is 0 Å². The van der Waals surface area contributed by atoms with Crippen molar-refractivity contribution in [3.8, 4) is 11.5 Å². The van der Waals surface area contributed by atoms with E-state index in [4.69, 9.17) is 9.84 Å². The number of phenols is 1. The fraction of sp³-hybridized carbons (Fsp3) is 0.556. The van der Waals surface area contributed by atoms with Crippen LogP contribution >= 0.6 is 0 Å². The molecule has 1 atom stereocenters. The molecular formula is C27H40O3. The summed E-state index contributed by atoms with van der Waals surface area (Å²) in [6.45, 7) is 10.8. The van der Waals surface area contributed by atoms with Gasteiger partial charge in [0.1, 0.15) is 17.1 Å². The average Bonchev–Trinajstić information content (AvgIpc) is 2.68. The summed E-state index contributed by atoms with van der Waals surface area (Å²) >= 11 is 0. The minimum atomic E-state index is -0.137. The SMILES string of the molecule is C/C(=C\CC/C(C)=C/CC/C(C)=C/CC[C@]1(C)CCc2cc(O)cc(C)c2O1)CO. The van der Waals surface area contributed by atoms with E-state index in [1.807, 2.05) is 19.9 Å². The van der Waals surface area contributed by atoms with Crippen LogP contribution in [0.15, 0.2) is 47.1 Å². The molecule has 2 N–H and O–H groups in total. The summed E-state index contributed by atoms with van der Waals surface area (Å²) in [6.07, 6.45) is 15.1. The monoisotopic (exact) mass is 412 g/mol. The molecule has 30 heavy (non-hydrogen) atoms. The van der Waals surface area contributed by atoms with Crippen molar-refractivity contribution < 1.29 is 14.9 Å². The van der Waals surface area contributed by atoms with Crippen LogP contribution in [0, 0.1) is 6.92 Å². The molecule has 2 rings (SSSR count). The van der Waals surface area contributed by atoms with Crippen molar-refractivity contribution in [2.24, 2.45) is 0 Å². The number of aromatic hydroxyl groups is 1. The average molecular weight is 413 g/mol. The normalized spacial score (nSPS) is 20.1. The highest BCUT2D eigenvalue weighted by atomic mass is 16.5. The molecule has 0 fully saturated rings. The van der Waals surface area contributed by atoms with Crippen LogP contribution in [0.1, 0.15) is 83.8 Å². The highest BCUT2D eigenvalue weighted by Crippen LogP contribution is 2.39. The summed E-state index contributed by atoms with van der Waals surface area (Å²) in [6, 6.07) is 3.62. The largest absolute Gasteiger partial charge is 0.508 e. The number of aliphatic hydroxyl groups is 1. The zero-order chi connectivity index (χ0) is 22.1. The molecule has 0 spiro atoms. The second-order valence-corrected chi connectivity index (χ2v) is 9.23. The third-order valence-electron chi connectivity index (χ3n) is 6.09. The first-order valence-electron chi connectivity index (χ1n) is 11.3. The summed E-state index contributed by atoms with van der Waals surface area (Å²) in [5, 5.41) is 18.8. The van der Waals surface area contributed by atoms with Crippen molar-refractivity contribution in [2.45, 2.75) is 91.6 Å². The van der Waals surface area contributed by atoms with Crippen LogP contribution in [0.2, 0.25) is 0 Å². The molecular weight excluding hydrogens is 372 g/mol. The molecule has 1 aromatic rings. The Balaban J connectivity index is 1.77. The fourth-order valence-corrected chi connectivity index (χ4v) is 4.02. The van der Waals surface area contributed by atoms with E-state index in [1.165, 1.54) is 11.1 Å². The molecule has 0 saturated heterocycles. The zero-order valence-electron chi connectivity index (χ0n) is 19.6. The summed E-state index contributed by atoms with van der Waals surface area (Å²) in [7, 11) is 0. The smallest absolute Gasteiger partial charge is 0.126 e. The van der Waals surface area contributed by atoms with Gasteiger partial charge in [-0.1, -0.05) is 34.9 Å². The second kappa shape index (κ2) is 11.4. The van der Waals surface area contributed by atoms with Gasteiger partial charge in [-0.3, -0.25) is 0 Å². The molecule has 3 heteroatoms. The maximum atomic E-state index is 9.80. The van der Waals surface area contributed by atoms with Gasteiger partial charge >= 0.3 is 0 Å². The van der Waals surface area contributed by atoms with Crippen LogP contribution in [-0.2, 0) is 6.42 Å². The van der Waals surface area contributed by atoms with Gasteiger partial charge in [0.2, 0.25) is 0 Å². The molecule has 0 aromatic heterocycles. The zero-order valence-corrected chi connectivity index (χ0v) is 19.6. The number of phenolic OH excluding ortho intramolecular Hbond substituents is 1. The van der Waals surface area contributed by atoms with Crippen molar-refractivity contribution in [1.29, 1.82) is 0 Å². The minimum absolute atomic E-state index is 0.137. The quantitative estimate of drug-likeness (QED) is 0.409. The van der Waals surface area contributed by atoms with Gasteiger partial charge in [-0.2, -0.15) is 0 Å². The summed E-state index contributed by atoms with van der Waals surface area (Å²) in [5.74, 6) is 1.30. The highest BCUT2D eigenvalue weighted by molar-refractivity contribution is 5.47. The van der Waals surface area contributed by atoms with Crippen LogP contribution in [0.5, 0.6) is 11.5 Å². The molecule has 1 aromatic carbocycles. The van der Waals surface area contributed by atoms with Crippen molar-refractivity contribution in [3.05, 3.63) is 58.2 Å². The van der Waals surface area contributed by atoms with Crippen LogP contribution in [0.25, 0.3) is 0 Å². The first-order chi connectivity index (χ1) is 14.2. The van der Waals surface area contributed by atoms with E-state index in [0.29, 0.717) is 5.75 Å². The Bertz CT molecular complexity index is 801. The van der Waals surface area contributed by atoms with Crippen molar-refractivity contribution >= 4 is 0 Å². The van der Waals surface area contributed by atoms with E-state index in [-0.39, 0.29) is 12.2 Å². The van der Waals surface area contributed by atoms with Crippen molar-refractivity contribution in [1.82, 2.24) is 0 Å². The highest BCUT2D eigenvalue weighted by Gasteiger charge is 2.31. The minimum Gasteiger partial charge on any atom is -0.508 e. The third kappa shape index (κ3) is 7.68. The number of benzene rings is 1. The van der Waals surface area contributed by atoms with Crippen LogP contribution in [-0.4, -0.2) is 22.4 Å². The van der Waals surface area contributed by atoms with E-state index in [0.717, 1.165) is 73.8 Å². The van der Waals surface area contributed by atoms with E-state index < -0.39 is 0 Å². The lowest BCUT2D eigenvalue weighted by molar-refractivity contribution is 0.0561. The lowest BCUT2D eigenvalue weighted by Gasteiger charge is -2.36. The predicted molar refractivity (Wildman–Crippen MR) is 126 cm³/mol. The summed E-state index contributed by atoms with van der Waals surface area (Å²) in [5.41, 5.74) is 5.92. The Morgan fingerprint density at radius 1 is 1.00 bits per heavy atom. The number of aliphatic hydroxyl groups excluding tert-OH is 1. The Kier molecular flexibility index (Phi) is 9.23. The number of allylic oxidation sites excluding steroid dienone is 5. The van der Waals surface area contributed by atoms with Gasteiger partial charge in [0.15, 0.2) is 0 Å². The number of fused-ring (bicyclic) bond motifs is 1. The van der Waals surface area contributed by atoms with Crippen LogP contribution in [0.4, 0.5) is 0 Å². The van der Waals surface area contributed by atoms with Gasteiger partial charge in [0, 0.05) is 0 Å². The molecule has 0 amide bonds. The topological polar surface area (TPSA) is 49.7 Å². The Labute approximate surface area is 183 Å². The molecule has 0 unspecified atom stereocenters. The number of aryl methyl sites for hydroxylation is 2. The first-order valence-corrected chi connectivity index (χ1v) is 11.3. The molecule has 1 aliphatic rings. The van der Waals surface area contributed by atoms with Crippen LogP contribution < -0.4 is 4.74 Å². The number of hydrogen-bond donors (Lipinski definition) is 2. The van der Waals surface area contributed by atoms with E-state index in [2.05, 4.69) is 39.0 Å². The Hall–Kier alpha value is -2.00. The fourth-order valence-electron chi connectivity index (χ4n) is 4.02. The second-order valence-electron chi connectivity index (χ2n) is 9.23. The maximum Gasteiger partial charge on any atom is 0.126 e. The van der Waals surface area contributed by atoms with Gasteiger partial charge in [-0.05, 0) is 109 Å². The number of ether oxygens (including phenoxy) is 1. The van der Waals surface area contributed by atoms with Gasteiger partial charge in [-0.15, -0.1) is 0 Å². The third-order valence-corrected chi connectivity index (χ3v) is 6.09. The summed E-state index contributed by atoms with van der Waals surface area (Å²) in [4.78, 5) is 0. The Morgan fingerprint density at radius 2 is 1.60 bits per heavy atom. The maximum absolute atomic E-state index is 9.80. The van der Waals surface area contributed by atoms with E-state index in [9.17, 15) is 5.11 Å². The molecule has 0 bridgehead atoms. The standard InChI is InChI=1S/C27H40O3/c1-20(11-7-12-22(3)19-28)9-6-10-21(2)13-8-15-27(5)16-14-24-18-25(29)17-23(4)26(24)30-27/h9,12-13,17-18,28-29H,6-8,10-11,14-16,19H2,1-5H3/b20-9+,21-13+,22-12+/t27-/m1/s1. The molecule has 166 valence electrons. The van der Waals surface area contributed by atoms with Gasteiger partial charge in [-0.25, -0.2) is 0 Å². The molecule has 0 radical (unpaired) electrons.